The lowest BCUT2D eigenvalue weighted by molar-refractivity contribution is 0.0327. The van der Waals surface area contributed by atoms with Gasteiger partial charge in [0.2, 0.25) is 0 Å². The van der Waals surface area contributed by atoms with Crippen molar-refractivity contribution in [2.75, 3.05) is 0 Å². The van der Waals surface area contributed by atoms with Crippen molar-refractivity contribution in [1.29, 1.82) is 0 Å². The average molecular weight is 226 g/mol. The van der Waals surface area contributed by atoms with Crippen LogP contribution in [0.1, 0.15) is 72.1 Å². The molecule has 1 N–H and O–H groups in total. The molecular formula is C15H30O. The first kappa shape index (κ1) is 14.0. The van der Waals surface area contributed by atoms with Crippen molar-refractivity contribution in [2.24, 2.45) is 17.8 Å². The molecule has 0 heterocycles. The van der Waals surface area contributed by atoms with Crippen LogP contribution < -0.4 is 0 Å². The highest BCUT2D eigenvalue weighted by molar-refractivity contribution is 4.81. The summed E-state index contributed by atoms with van der Waals surface area (Å²) in [6.07, 6.45) is 10.1. The van der Waals surface area contributed by atoms with E-state index < -0.39 is 0 Å². The molecule has 0 amide bonds. The zero-order valence-electron chi connectivity index (χ0n) is 11.4. The summed E-state index contributed by atoms with van der Waals surface area (Å²) in [6.45, 7) is 6.85. The van der Waals surface area contributed by atoms with Gasteiger partial charge in [0, 0.05) is 0 Å². The molecule has 0 aromatic carbocycles. The summed E-state index contributed by atoms with van der Waals surface area (Å²) in [4.78, 5) is 0. The van der Waals surface area contributed by atoms with Gasteiger partial charge < -0.3 is 5.11 Å². The Morgan fingerprint density at radius 2 is 1.81 bits per heavy atom. The van der Waals surface area contributed by atoms with E-state index >= 15 is 0 Å². The minimum absolute atomic E-state index is 0.00583. The van der Waals surface area contributed by atoms with Gasteiger partial charge in [-0.3, -0.25) is 0 Å². The maximum atomic E-state index is 10.1. The topological polar surface area (TPSA) is 20.2 Å². The molecule has 1 nitrogen and oxygen atoms in total. The number of hydrogen-bond acceptors (Lipinski definition) is 1. The van der Waals surface area contributed by atoms with E-state index in [1.807, 2.05) is 0 Å². The zero-order chi connectivity index (χ0) is 12.0. The Morgan fingerprint density at radius 3 is 2.38 bits per heavy atom. The standard InChI is InChI=1S/C15H30O/c1-4-7-13-8-9-15(16)14(11-13)10-12(5-2)6-3/h12-16H,4-11H2,1-3H3. The Labute approximate surface area is 102 Å². The van der Waals surface area contributed by atoms with E-state index in [4.69, 9.17) is 0 Å². The summed E-state index contributed by atoms with van der Waals surface area (Å²) in [6, 6.07) is 0. The lowest BCUT2D eigenvalue weighted by Crippen LogP contribution is -2.30. The molecule has 0 bridgehead atoms. The van der Waals surface area contributed by atoms with Crippen LogP contribution in [0, 0.1) is 17.8 Å². The fourth-order valence-corrected chi connectivity index (χ4v) is 3.32. The minimum Gasteiger partial charge on any atom is -0.393 e. The summed E-state index contributed by atoms with van der Waals surface area (Å²) in [5.41, 5.74) is 0. The average Bonchev–Trinajstić information content (AvgIpc) is 2.30. The van der Waals surface area contributed by atoms with Gasteiger partial charge in [-0.2, -0.15) is 0 Å². The summed E-state index contributed by atoms with van der Waals surface area (Å²) >= 11 is 0. The number of hydrogen-bond donors (Lipinski definition) is 1. The molecular weight excluding hydrogens is 196 g/mol. The summed E-state index contributed by atoms with van der Waals surface area (Å²) in [5.74, 6) is 2.32. The molecule has 16 heavy (non-hydrogen) atoms. The molecule has 1 rings (SSSR count). The third-order valence-electron chi connectivity index (χ3n) is 4.54. The van der Waals surface area contributed by atoms with Crippen LogP contribution in [0.4, 0.5) is 0 Å². The fraction of sp³-hybridized carbons (Fsp3) is 1.00. The van der Waals surface area contributed by atoms with Crippen molar-refractivity contribution in [2.45, 2.75) is 78.2 Å². The lowest BCUT2D eigenvalue weighted by Gasteiger charge is -2.35. The summed E-state index contributed by atoms with van der Waals surface area (Å²) in [5, 5.41) is 10.1. The van der Waals surface area contributed by atoms with Gasteiger partial charge in [0.15, 0.2) is 0 Å². The Kier molecular flexibility index (Phi) is 6.41. The summed E-state index contributed by atoms with van der Waals surface area (Å²) in [7, 11) is 0. The fourth-order valence-electron chi connectivity index (χ4n) is 3.32. The smallest absolute Gasteiger partial charge is 0.0568 e. The van der Waals surface area contributed by atoms with Gasteiger partial charge in [-0.25, -0.2) is 0 Å². The van der Waals surface area contributed by atoms with Crippen molar-refractivity contribution < 1.29 is 5.11 Å². The molecule has 1 aliphatic carbocycles. The quantitative estimate of drug-likeness (QED) is 0.712. The molecule has 0 aliphatic heterocycles. The Bertz CT molecular complexity index is 174. The molecule has 0 aromatic heterocycles. The molecule has 1 heteroatoms. The molecule has 3 atom stereocenters. The van der Waals surface area contributed by atoms with Gasteiger partial charge in [-0.15, -0.1) is 0 Å². The Hall–Kier alpha value is -0.0400. The van der Waals surface area contributed by atoms with Gasteiger partial charge in [-0.1, -0.05) is 46.5 Å². The molecule has 0 aromatic rings. The van der Waals surface area contributed by atoms with Crippen molar-refractivity contribution in [3.63, 3.8) is 0 Å². The maximum Gasteiger partial charge on any atom is 0.0568 e. The summed E-state index contributed by atoms with van der Waals surface area (Å²) < 4.78 is 0. The van der Waals surface area contributed by atoms with Gasteiger partial charge in [0.25, 0.3) is 0 Å². The predicted octanol–water partition coefficient (Wildman–Crippen LogP) is 4.39. The van der Waals surface area contributed by atoms with E-state index in [0.29, 0.717) is 5.92 Å². The third kappa shape index (κ3) is 4.08. The molecule has 1 fully saturated rings. The SMILES string of the molecule is CCCC1CCC(O)C(CC(CC)CC)C1. The monoisotopic (exact) mass is 226 g/mol. The maximum absolute atomic E-state index is 10.1. The van der Waals surface area contributed by atoms with E-state index in [-0.39, 0.29) is 6.10 Å². The molecule has 0 saturated heterocycles. The predicted molar refractivity (Wildman–Crippen MR) is 70.4 cm³/mol. The molecule has 3 unspecified atom stereocenters. The molecule has 1 aliphatic rings. The van der Waals surface area contributed by atoms with Crippen LogP contribution >= 0.6 is 0 Å². The largest absolute Gasteiger partial charge is 0.393 e. The number of aliphatic hydroxyl groups is 1. The second-order valence-corrected chi connectivity index (χ2v) is 5.71. The lowest BCUT2D eigenvalue weighted by atomic mass is 9.73. The number of aliphatic hydroxyl groups excluding tert-OH is 1. The first-order valence-corrected chi connectivity index (χ1v) is 7.39. The van der Waals surface area contributed by atoms with Crippen molar-refractivity contribution in [3.05, 3.63) is 0 Å². The molecule has 1 saturated carbocycles. The van der Waals surface area contributed by atoms with E-state index in [2.05, 4.69) is 20.8 Å². The van der Waals surface area contributed by atoms with Gasteiger partial charge in [0.1, 0.15) is 0 Å². The van der Waals surface area contributed by atoms with E-state index in [1.165, 1.54) is 44.9 Å². The van der Waals surface area contributed by atoms with E-state index in [1.54, 1.807) is 0 Å². The normalized spacial score (nSPS) is 30.9. The van der Waals surface area contributed by atoms with Crippen LogP contribution in [0.15, 0.2) is 0 Å². The van der Waals surface area contributed by atoms with Gasteiger partial charge in [-0.05, 0) is 43.4 Å². The second kappa shape index (κ2) is 7.32. The van der Waals surface area contributed by atoms with Crippen molar-refractivity contribution >= 4 is 0 Å². The van der Waals surface area contributed by atoms with Crippen LogP contribution in [0.3, 0.4) is 0 Å². The number of rotatable bonds is 6. The molecule has 96 valence electrons. The van der Waals surface area contributed by atoms with Crippen LogP contribution in [0.5, 0.6) is 0 Å². The van der Waals surface area contributed by atoms with Crippen LogP contribution in [0.25, 0.3) is 0 Å². The Morgan fingerprint density at radius 1 is 1.12 bits per heavy atom. The zero-order valence-corrected chi connectivity index (χ0v) is 11.4. The highest BCUT2D eigenvalue weighted by Crippen LogP contribution is 2.36. The first-order chi connectivity index (χ1) is 7.71. The van der Waals surface area contributed by atoms with Crippen LogP contribution in [0.2, 0.25) is 0 Å². The molecule has 0 spiro atoms. The first-order valence-electron chi connectivity index (χ1n) is 7.39. The van der Waals surface area contributed by atoms with E-state index in [9.17, 15) is 5.11 Å². The molecule has 0 radical (unpaired) electrons. The van der Waals surface area contributed by atoms with Gasteiger partial charge >= 0.3 is 0 Å². The van der Waals surface area contributed by atoms with Crippen molar-refractivity contribution in [3.8, 4) is 0 Å². The van der Waals surface area contributed by atoms with E-state index in [0.717, 1.165) is 18.3 Å². The highest BCUT2D eigenvalue weighted by Gasteiger charge is 2.29. The Balaban J connectivity index is 2.42. The second-order valence-electron chi connectivity index (χ2n) is 5.71. The van der Waals surface area contributed by atoms with Crippen LogP contribution in [-0.2, 0) is 0 Å². The highest BCUT2D eigenvalue weighted by atomic mass is 16.3. The third-order valence-corrected chi connectivity index (χ3v) is 4.54. The van der Waals surface area contributed by atoms with Crippen molar-refractivity contribution in [1.82, 2.24) is 0 Å². The van der Waals surface area contributed by atoms with Crippen LogP contribution in [-0.4, -0.2) is 11.2 Å². The van der Waals surface area contributed by atoms with Gasteiger partial charge in [0.05, 0.1) is 6.10 Å². The minimum atomic E-state index is -0.00583.